The van der Waals surface area contributed by atoms with Gasteiger partial charge in [0.15, 0.2) is 0 Å². The Hall–Kier alpha value is -3.24. The third-order valence-electron chi connectivity index (χ3n) is 5.21. The van der Waals surface area contributed by atoms with Crippen LogP contribution in [0.25, 0.3) is 43.4 Å². The zero-order valence-electron chi connectivity index (χ0n) is 14.7. The normalized spacial score (nSPS) is 11.3. The number of nitro benzene ring substituents is 1. The molecule has 0 spiro atoms. The molecule has 0 aromatic heterocycles. The third-order valence-corrected chi connectivity index (χ3v) is 5.70. The van der Waals surface area contributed by atoms with Gasteiger partial charge in [0.2, 0.25) is 0 Å². The minimum atomic E-state index is -0.329. The van der Waals surface area contributed by atoms with Gasteiger partial charge in [-0.05, 0) is 56.1 Å². The van der Waals surface area contributed by atoms with Crippen LogP contribution in [-0.2, 0) is 0 Å². The summed E-state index contributed by atoms with van der Waals surface area (Å²) in [6.45, 7) is 0. The first-order valence-corrected chi connectivity index (χ1v) is 9.70. The van der Waals surface area contributed by atoms with E-state index in [1.54, 1.807) is 12.1 Å². The van der Waals surface area contributed by atoms with Gasteiger partial charge in [-0.15, -0.1) is 0 Å². The smallest absolute Gasteiger partial charge is 0.258 e. The van der Waals surface area contributed by atoms with Gasteiger partial charge in [-0.1, -0.05) is 76.6 Å². The van der Waals surface area contributed by atoms with Crippen LogP contribution in [0.4, 0.5) is 5.69 Å². The van der Waals surface area contributed by atoms with Crippen LogP contribution in [0, 0.1) is 10.1 Å². The number of hydrogen-bond acceptors (Lipinski definition) is 2. The Labute approximate surface area is 169 Å². The molecule has 0 heterocycles. The SMILES string of the molecule is O=[N+]([O-])c1ccc(Br)cc1-c1ccc2c3ccccc3c3ccccc3c2c1. The Kier molecular flexibility index (Phi) is 3.88. The highest BCUT2D eigenvalue weighted by atomic mass is 79.9. The number of rotatable bonds is 2. The predicted molar refractivity (Wildman–Crippen MR) is 119 cm³/mol. The topological polar surface area (TPSA) is 43.1 Å². The van der Waals surface area contributed by atoms with E-state index in [-0.39, 0.29) is 10.6 Å². The van der Waals surface area contributed by atoms with Crippen LogP contribution in [0.5, 0.6) is 0 Å². The van der Waals surface area contributed by atoms with Crippen LogP contribution in [-0.4, -0.2) is 4.92 Å². The van der Waals surface area contributed by atoms with Crippen molar-refractivity contribution in [2.24, 2.45) is 0 Å². The van der Waals surface area contributed by atoms with Gasteiger partial charge in [-0.25, -0.2) is 0 Å². The van der Waals surface area contributed by atoms with E-state index < -0.39 is 0 Å². The van der Waals surface area contributed by atoms with Gasteiger partial charge >= 0.3 is 0 Å². The molecule has 0 atom stereocenters. The fourth-order valence-electron chi connectivity index (χ4n) is 3.97. The van der Waals surface area contributed by atoms with Crippen molar-refractivity contribution in [2.75, 3.05) is 0 Å². The molecule has 0 aliphatic carbocycles. The summed E-state index contributed by atoms with van der Waals surface area (Å²) < 4.78 is 0.816. The van der Waals surface area contributed by atoms with Gasteiger partial charge in [0.1, 0.15) is 0 Å². The van der Waals surface area contributed by atoms with Crippen LogP contribution < -0.4 is 0 Å². The third kappa shape index (κ3) is 2.57. The number of benzene rings is 5. The van der Waals surface area contributed by atoms with Gasteiger partial charge in [0, 0.05) is 10.5 Å². The lowest BCUT2D eigenvalue weighted by Gasteiger charge is -2.12. The van der Waals surface area contributed by atoms with Crippen LogP contribution >= 0.6 is 15.9 Å². The molecule has 0 aliphatic rings. The first-order chi connectivity index (χ1) is 13.6. The van der Waals surface area contributed by atoms with E-state index in [9.17, 15) is 10.1 Å². The summed E-state index contributed by atoms with van der Waals surface area (Å²) in [7, 11) is 0. The first kappa shape index (κ1) is 16.9. The fraction of sp³-hybridized carbons (Fsp3) is 0. The number of nitrogens with zero attached hydrogens (tertiary/aromatic N) is 1. The average Bonchev–Trinajstić information content (AvgIpc) is 2.73. The molecule has 4 heteroatoms. The van der Waals surface area contributed by atoms with Gasteiger partial charge in [-0.2, -0.15) is 0 Å². The highest BCUT2D eigenvalue weighted by Gasteiger charge is 2.17. The fourth-order valence-corrected chi connectivity index (χ4v) is 4.33. The lowest BCUT2D eigenvalue weighted by atomic mass is 9.92. The van der Waals surface area contributed by atoms with E-state index >= 15 is 0 Å². The molecule has 134 valence electrons. The van der Waals surface area contributed by atoms with Crippen molar-refractivity contribution in [3.05, 3.63) is 99.5 Å². The number of fused-ring (bicyclic) bond motifs is 6. The molecule has 28 heavy (non-hydrogen) atoms. The number of hydrogen-bond donors (Lipinski definition) is 0. The highest BCUT2D eigenvalue weighted by molar-refractivity contribution is 9.10. The molecule has 0 radical (unpaired) electrons. The van der Waals surface area contributed by atoms with Crippen LogP contribution in [0.2, 0.25) is 0 Å². The number of nitro groups is 1. The largest absolute Gasteiger partial charge is 0.277 e. The lowest BCUT2D eigenvalue weighted by Crippen LogP contribution is -1.92. The van der Waals surface area contributed by atoms with E-state index in [4.69, 9.17) is 0 Å². The molecule has 0 fully saturated rings. The van der Waals surface area contributed by atoms with Crippen molar-refractivity contribution in [2.45, 2.75) is 0 Å². The number of halogens is 1. The molecule has 3 nitrogen and oxygen atoms in total. The van der Waals surface area contributed by atoms with Crippen molar-refractivity contribution >= 4 is 53.9 Å². The van der Waals surface area contributed by atoms with E-state index in [0.717, 1.165) is 26.2 Å². The molecule has 0 bridgehead atoms. The van der Waals surface area contributed by atoms with Crippen LogP contribution in [0.3, 0.4) is 0 Å². The van der Waals surface area contributed by atoms with Crippen molar-refractivity contribution < 1.29 is 4.92 Å². The Morgan fingerprint density at radius 1 is 0.643 bits per heavy atom. The molecule has 0 aliphatic heterocycles. The zero-order valence-corrected chi connectivity index (χ0v) is 16.3. The Morgan fingerprint density at radius 3 is 1.75 bits per heavy atom. The van der Waals surface area contributed by atoms with Crippen LogP contribution in [0.1, 0.15) is 0 Å². The maximum atomic E-state index is 11.5. The Balaban J connectivity index is 1.91. The molecule has 5 aromatic rings. The average molecular weight is 428 g/mol. The van der Waals surface area contributed by atoms with Crippen molar-refractivity contribution in [3.8, 4) is 11.1 Å². The second-order valence-corrected chi connectivity index (χ2v) is 7.69. The minimum absolute atomic E-state index is 0.104. The van der Waals surface area contributed by atoms with Gasteiger partial charge in [-0.3, -0.25) is 10.1 Å². The summed E-state index contributed by atoms with van der Waals surface area (Å²) in [5.41, 5.74) is 1.55. The molecule has 5 aromatic carbocycles. The molecular weight excluding hydrogens is 414 g/mol. The maximum absolute atomic E-state index is 11.5. The predicted octanol–water partition coefficient (Wildman–Crippen LogP) is 7.48. The van der Waals surface area contributed by atoms with E-state index in [1.165, 1.54) is 16.2 Å². The van der Waals surface area contributed by atoms with Crippen molar-refractivity contribution in [3.63, 3.8) is 0 Å². The standard InChI is InChI=1S/C24H14BrNO2/c25-16-10-12-24(26(27)28)22(14-16)15-9-11-21-19-7-2-1-5-17(19)18-6-3-4-8-20(18)23(21)13-15/h1-14H. The maximum Gasteiger partial charge on any atom is 0.277 e. The summed E-state index contributed by atoms with van der Waals surface area (Å²) in [6.07, 6.45) is 0. The molecule has 5 rings (SSSR count). The first-order valence-electron chi connectivity index (χ1n) is 8.91. The monoisotopic (exact) mass is 427 g/mol. The van der Waals surface area contributed by atoms with E-state index in [1.807, 2.05) is 30.3 Å². The van der Waals surface area contributed by atoms with E-state index in [0.29, 0.717) is 5.56 Å². The molecular formula is C24H14BrNO2. The highest BCUT2D eigenvalue weighted by Crippen LogP contribution is 2.39. The second kappa shape index (κ2) is 6.43. The summed E-state index contributed by atoms with van der Waals surface area (Å²) in [6, 6.07) is 27.9. The summed E-state index contributed by atoms with van der Waals surface area (Å²) >= 11 is 3.44. The molecule has 0 saturated heterocycles. The summed E-state index contributed by atoms with van der Waals surface area (Å²) in [5.74, 6) is 0. The zero-order chi connectivity index (χ0) is 19.3. The Bertz CT molecular complexity index is 1370. The second-order valence-electron chi connectivity index (χ2n) is 6.77. The molecule has 0 N–H and O–H groups in total. The minimum Gasteiger partial charge on any atom is -0.258 e. The molecule has 0 amide bonds. The van der Waals surface area contributed by atoms with Crippen LogP contribution in [0.15, 0.2) is 89.4 Å². The quantitative estimate of drug-likeness (QED) is 0.166. The van der Waals surface area contributed by atoms with E-state index in [2.05, 4.69) is 58.4 Å². The van der Waals surface area contributed by atoms with Gasteiger partial charge in [0.05, 0.1) is 10.5 Å². The summed E-state index contributed by atoms with van der Waals surface area (Å²) in [5, 5.41) is 18.5. The van der Waals surface area contributed by atoms with Gasteiger partial charge < -0.3 is 0 Å². The van der Waals surface area contributed by atoms with Gasteiger partial charge in [0.25, 0.3) is 5.69 Å². The Morgan fingerprint density at radius 2 is 1.18 bits per heavy atom. The summed E-state index contributed by atoms with van der Waals surface area (Å²) in [4.78, 5) is 11.2. The lowest BCUT2D eigenvalue weighted by molar-refractivity contribution is -0.384. The van der Waals surface area contributed by atoms with Crippen molar-refractivity contribution in [1.82, 2.24) is 0 Å². The molecule has 0 unspecified atom stereocenters. The van der Waals surface area contributed by atoms with Crippen molar-refractivity contribution in [1.29, 1.82) is 0 Å². The molecule has 0 saturated carbocycles.